The van der Waals surface area contributed by atoms with Crippen LogP contribution in [0.25, 0.3) is 0 Å². The van der Waals surface area contributed by atoms with Gasteiger partial charge in [0, 0.05) is 28.9 Å². The second-order valence-electron chi connectivity index (χ2n) is 3.71. The van der Waals surface area contributed by atoms with Gasteiger partial charge in [-0.15, -0.1) is 0 Å². The maximum atomic E-state index is 11.1. The van der Waals surface area contributed by atoms with Crippen LogP contribution in [0.1, 0.15) is 6.92 Å². The summed E-state index contributed by atoms with van der Waals surface area (Å²) in [6, 6.07) is 5.67. The zero-order valence-corrected chi connectivity index (χ0v) is 10.6. The van der Waals surface area contributed by atoms with Gasteiger partial charge < -0.3 is 15.8 Å². The van der Waals surface area contributed by atoms with Crippen molar-refractivity contribution in [3.63, 3.8) is 0 Å². The maximum absolute atomic E-state index is 11.1. The highest BCUT2D eigenvalue weighted by Crippen LogP contribution is 2.29. The zero-order chi connectivity index (χ0) is 12.1. The van der Waals surface area contributed by atoms with Crippen molar-refractivity contribution in [2.24, 2.45) is 0 Å². The van der Waals surface area contributed by atoms with Crippen LogP contribution < -0.4 is 15.8 Å². The Bertz CT molecular complexity index is 382. The second kappa shape index (κ2) is 5.75. The number of hydrogen-bond donors (Lipinski definition) is 2. The van der Waals surface area contributed by atoms with Crippen molar-refractivity contribution < 1.29 is 8.95 Å². The quantitative estimate of drug-likeness (QED) is 0.767. The molecule has 0 aliphatic heterocycles. The minimum absolute atomic E-state index is 0.111. The molecule has 90 valence electrons. The Morgan fingerprint density at radius 2 is 2.25 bits per heavy atom. The highest BCUT2D eigenvalue weighted by Gasteiger charge is 2.09. The van der Waals surface area contributed by atoms with Crippen molar-refractivity contribution in [1.29, 1.82) is 0 Å². The van der Waals surface area contributed by atoms with Crippen LogP contribution in [-0.2, 0) is 10.8 Å². The molecule has 4 nitrogen and oxygen atoms in total. The molecule has 0 aromatic heterocycles. The maximum Gasteiger partial charge on any atom is 0.143 e. The van der Waals surface area contributed by atoms with E-state index in [-0.39, 0.29) is 6.04 Å². The van der Waals surface area contributed by atoms with Crippen molar-refractivity contribution in [3.8, 4) is 5.75 Å². The molecule has 0 fully saturated rings. The summed E-state index contributed by atoms with van der Waals surface area (Å²) in [6.45, 7) is 1.97. The summed E-state index contributed by atoms with van der Waals surface area (Å²) >= 11 is 0. The molecule has 5 heteroatoms. The Morgan fingerprint density at radius 1 is 1.56 bits per heavy atom. The zero-order valence-electron chi connectivity index (χ0n) is 9.82. The molecule has 16 heavy (non-hydrogen) atoms. The molecule has 1 aromatic rings. The Labute approximate surface area is 98.6 Å². The molecule has 0 spiro atoms. The standard InChI is InChI=1S/C11H18N2O2S/c1-8(7-16(3)14)13-9-5-4-6-10(15-2)11(9)12/h4-6,8,13H,7,12H2,1-3H3. The lowest BCUT2D eigenvalue weighted by Crippen LogP contribution is -2.22. The summed E-state index contributed by atoms with van der Waals surface area (Å²) in [5, 5.41) is 3.22. The molecule has 0 bridgehead atoms. The first-order chi connectivity index (χ1) is 7.54. The number of rotatable bonds is 5. The summed E-state index contributed by atoms with van der Waals surface area (Å²) in [6.07, 6.45) is 1.69. The molecule has 0 saturated heterocycles. The van der Waals surface area contributed by atoms with Gasteiger partial charge in [0.15, 0.2) is 0 Å². The molecule has 0 radical (unpaired) electrons. The summed E-state index contributed by atoms with van der Waals surface area (Å²) in [5.74, 6) is 1.24. The molecule has 0 aliphatic rings. The van der Waals surface area contributed by atoms with Crippen LogP contribution in [0.4, 0.5) is 11.4 Å². The van der Waals surface area contributed by atoms with Gasteiger partial charge in [-0.1, -0.05) is 6.07 Å². The highest BCUT2D eigenvalue weighted by molar-refractivity contribution is 7.84. The molecular weight excluding hydrogens is 224 g/mol. The SMILES string of the molecule is COc1cccc(NC(C)CS(C)=O)c1N. The molecule has 0 aliphatic carbocycles. The van der Waals surface area contributed by atoms with Crippen LogP contribution in [-0.4, -0.2) is 29.4 Å². The van der Waals surface area contributed by atoms with E-state index in [4.69, 9.17) is 10.5 Å². The number of hydrogen-bond acceptors (Lipinski definition) is 4. The lowest BCUT2D eigenvalue weighted by atomic mass is 10.2. The molecule has 3 N–H and O–H groups in total. The van der Waals surface area contributed by atoms with Crippen molar-refractivity contribution in [2.45, 2.75) is 13.0 Å². The fourth-order valence-electron chi connectivity index (χ4n) is 1.51. The van der Waals surface area contributed by atoms with Gasteiger partial charge in [0.05, 0.1) is 18.5 Å². The minimum atomic E-state index is -0.818. The van der Waals surface area contributed by atoms with Gasteiger partial charge in [0.1, 0.15) is 5.75 Å². The number of anilines is 2. The first-order valence-corrected chi connectivity index (χ1v) is 6.76. The lowest BCUT2D eigenvalue weighted by Gasteiger charge is -2.16. The van der Waals surface area contributed by atoms with E-state index in [0.717, 1.165) is 5.69 Å². The fraction of sp³-hybridized carbons (Fsp3) is 0.455. The Balaban J connectivity index is 2.77. The first kappa shape index (κ1) is 12.8. The molecule has 2 unspecified atom stereocenters. The molecule has 0 amide bonds. The van der Waals surface area contributed by atoms with Crippen molar-refractivity contribution in [3.05, 3.63) is 18.2 Å². The molecule has 1 aromatic carbocycles. The van der Waals surface area contributed by atoms with Crippen LogP contribution in [0.5, 0.6) is 5.75 Å². The molecule has 2 atom stereocenters. The molecule has 1 rings (SSSR count). The van der Waals surface area contributed by atoms with Crippen molar-refractivity contribution >= 4 is 22.2 Å². The topological polar surface area (TPSA) is 64.3 Å². The van der Waals surface area contributed by atoms with Crippen LogP contribution in [0, 0.1) is 0 Å². The summed E-state index contributed by atoms with van der Waals surface area (Å²) < 4.78 is 16.2. The molecule has 0 heterocycles. The van der Waals surface area contributed by atoms with Gasteiger partial charge in [-0.3, -0.25) is 4.21 Å². The van der Waals surface area contributed by atoms with E-state index in [1.54, 1.807) is 13.4 Å². The third-order valence-electron chi connectivity index (χ3n) is 2.17. The summed E-state index contributed by atoms with van der Waals surface area (Å²) in [4.78, 5) is 0. The first-order valence-electron chi connectivity index (χ1n) is 5.03. The van der Waals surface area contributed by atoms with E-state index in [0.29, 0.717) is 17.2 Å². The molecular formula is C11H18N2O2S. The van der Waals surface area contributed by atoms with Crippen LogP contribution in [0.3, 0.4) is 0 Å². The Hall–Kier alpha value is -1.23. The predicted octanol–water partition coefficient (Wildman–Crippen LogP) is 1.46. The average Bonchev–Trinajstić information content (AvgIpc) is 2.20. The number of methoxy groups -OCH3 is 1. The second-order valence-corrected chi connectivity index (χ2v) is 5.19. The Morgan fingerprint density at radius 3 is 2.81 bits per heavy atom. The Kier molecular flexibility index (Phi) is 4.61. The largest absolute Gasteiger partial charge is 0.495 e. The summed E-state index contributed by atoms with van der Waals surface area (Å²) in [7, 11) is 0.766. The number of benzene rings is 1. The number of nitrogens with one attached hydrogen (secondary N) is 1. The monoisotopic (exact) mass is 242 g/mol. The predicted molar refractivity (Wildman–Crippen MR) is 69.4 cm³/mol. The van der Waals surface area contributed by atoms with E-state index in [1.165, 1.54) is 0 Å². The minimum Gasteiger partial charge on any atom is -0.495 e. The van der Waals surface area contributed by atoms with Crippen LogP contribution in [0.15, 0.2) is 18.2 Å². The number of ether oxygens (including phenoxy) is 1. The van der Waals surface area contributed by atoms with Crippen LogP contribution >= 0.6 is 0 Å². The van der Waals surface area contributed by atoms with Gasteiger partial charge >= 0.3 is 0 Å². The van der Waals surface area contributed by atoms with Crippen molar-refractivity contribution in [2.75, 3.05) is 30.2 Å². The van der Waals surface area contributed by atoms with Gasteiger partial charge in [0.25, 0.3) is 0 Å². The van der Waals surface area contributed by atoms with E-state index in [9.17, 15) is 4.21 Å². The number of nitrogens with two attached hydrogens (primary N) is 1. The van der Waals surface area contributed by atoms with Crippen molar-refractivity contribution in [1.82, 2.24) is 0 Å². The van der Waals surface area contributed by atoms with Gasteiger partial charge in [0.2, 0.25) is 0 Å². The highest BCUT2D eigenvalue weighted by atomic mass is 32.2. The van der Waals surface area contributed by atoms with Gasteiger partial charge in [-0.2, -0.15) is 0 Å². The molecule has 0 saturated carbocycles. The van der Waals surface area contributed by atoms with E-state index in [2.05, 4.69) is 5.32 Å². The smallest absolute Gasteiger partial charge is 0.143 e. The summed E-state index contributed by atoms with van der Waals surface area (Å²) in [5.41, 5.74) is 7.31. The number of para-hydroxylation sites is 1. The third kappa shape index (κ3) is 3.41. The van der Waals surface area contributed by atoms with E-state index in [1.807, 2.05) is 25.1 Å². The van der Waals surface area contributed by atoms with Crippen LogP contribution in [0.2, 0.25) is 0 Å². The number of nitrogen functional groups attached to an aromatic ring is 1. The van der Waals surface area contributed by atoms with Gasteiger partial charge in [-0.25, -0.2) is 0 Å². The lowest BCUT2D eigenvalue weighted by molar-refractivity contribution is 0.417. The third-order valence-corrected chi connectivity index (χ3v) is 3.14. The normalized spacial score (nSPS) is 14.2. The average molecular weight is 242 g/mol. The van der Waals surface area contributed by atoms with Gasteiger partial charge in [-0.05, 0) is 19.1 Å². The van der Waals surface area contributed by atoms with E-state index < -0.39 is 10.8 Å². The fourth-order valence-corrected chi connectivity index (χ4v) is 2.29. The van der Waals surface area contributed by atoms with E-state index >= 15 is 0 Å².